The Morgan fingerprint density at radius 1 is 1.12 bits per heavy atom. The van der Waals surface area contributed by atoms with Crippen molar-refractivity contribution in [2.45, 2.75) is 89.9 Å². The van der Waals surface area contributed by atoms with Crippen molar-refractivity contribution in [3.63, 3.8) is 0 Å². The Morgan fingerprint density at radius 3 is 2.86 bits per heavy atom. The molecule has 2 saturated heterocycles. The molecule has 6 heteroatoms. The van der Waals surface area contributed by atoms with Crippen LogP contribution in [0.5, 0.6) is 5.75 Å². The largest absolute Gasteiger partial charge is 0.412 e. The van der Waals surface area contributed by atoms with E-state index in [4.69, 9.17) is 14.2 Å². The average Bonchev–Trinajstić information content (AvgIpc) is 3.64. The highest BCUT2D eigenvalue weighted by molar-refractivity contribution is 5.83. The summed E-state index contributed by atoms with van der Waals surface area (Å²) in [4.78, 5) is 15.9. The lowest BCUT2D eigenvalue weighted by molar-refractivity contribution is -0.272. The first-order valence-corrected chi connectivity index (χ1v) is 16.8. The van der Waals surface area contributed by atoms with Crippen molar-refractivity contribution < 1.29 is 19.0 Å². The van der Waals surface area contributed by atoms with E-state index in [-0.39, 0.29) is 11.9 Å². The summed E-state index contributed by atoms with van der Waals surface area (Å²) in [5, 5.41) is 4.14. The third kappa shape index (κ3) is 4.46. The Balaban J connectivity index is 0.912. The number of benzene rings is 2. The summed E-state index contributed by atoms with van der Waals surface area (Å²) < 4.78 is 19.2. The lowest BCUT2D eigenvalue weighted by atomic mass is 9.53. The van der Waals surface area contributed by atoms with E-state index in [1.54, 1.807) is 0 Å². The van der Waals surface area contributed by atoms with Gasteiger partial charge in [-0.05, 0) is 115 Å². The zero-order chi connectivity index (χ0) is 29.3. The summed E-state index contributed by atoms with van der Waals surface area (Å²) in [6.07, 6.45) is 10.9. The molecule has 8 rings (SSSR count). The lowest BCUT2D eigenvalue weighted by Crippen LogP contribution is -2.48. The van der Waals surface area contributed by atoms with Crippen LogP contribution in [-0.2, 0) is 22.3 Å². The highest BCUT2D eigenvalue weighted by atomic mass is 16.7. The highest BCUT2D eigenvalue weighted by Crippen LogP contribution is 2.69. The van der Waals surface area contributed by atoms with E-state index in [1.807, 2.05) is 24.4 Å². The van der Waals surface area contributed by atoms with E-state index in [2.05, 4.69) is 55.3 Å². The monoisotopic (exact) mass is 582 g/mol. The summed E-state index contributed by atoms with van der Waals surface area (Å²) in [6.45, 7) is 8.68. The maximum atomic E-state index is 12.6. The number of fused-ring (bicyclic) bond motifs is 8. The van der Waals surface area contributed by atoms with Crippen LogP contribution >= 0.6 is 0 Å². The van der Waals surface area contributed by atoms with Crippen LogP contribution < -0.4 is 10.1 Å². The summed E-state index contributed by atoms with van der Waals surface area (Å²) in [7, 11) is 0. The molecule has 1 aromatic heterocycles. The maximum Gasteiger partial charge on any atom is 0.412 e. The summed E-state index contributed by atoms with van der Waals surface area (Å²) >= 11 is 0. The normalized spacial score (nSPS) is 37.9. The van der Waals surface area contributed by atoms with Crippen molar-refractivity contribution >= 4 is 17.0 Å². The minimum atomic E-state index is -0.386. The number of hydrogen-bond acceptors (Lipinski definition) is 4. The number of aromatic nitrogens is 1. The molecule has 1 amide bonds. The zero-order valence-corrected chi connectivity index (χ0v) is 25.9. The topological polar surface area (TPSA) is 72.6 Å². The number of carbonyl (C=O) groups is 1. The van der Waals surface area contributed by atoms with E-state index in [0.717, 1.165) is 31.4 Å². The van der Waals surface area contributed by atoms with Gasteiger partial charge in [-0.25, -0.2) is 4.79 Å². The van der Waals surface area contributed by atoms with Gasteiger partial charge in [0.15, 0.2) is 5.79 Å². The number of amides is 1. The molecule has 2 aliphatic heterocycles. The Morgan fingerprint density at radius 2 is 2.00 bits per heavy atom. The zero-order valence-electron chi connectivity index (χ0n) is 25.9. The van der Waals surface area contributed by atoms with Crippen molar-refractivity contribution in [2.24, 2.45) is 35.0 Å². The number of para-hydroxylation sites is 1. The Labute approximate surface area is 255 Å². The minimum absolute atomic E-state index is 0.326. The summed E-state index contributed by atoms with van der Waals surface area (Å²) in [6, 6.07) is 14.6. The molecule has 6 nitrogen and oxygen atoms in total. The number of aryl methyl sites for hydroxylation is 1. The molecule has 1 spiro atoms. The molecule has 3 aromatic rings. The molecule has 0 bridgehead atoms. The minimum Gasteiger partial charge on any atom is -0.410 e. The van der Waals surface area contributed by atoms with Crippen molar-refractivity contribution in [3.05, 3.63) is 65.4 Å². The Bertz CT molecular complexity index is 1520. The van der Waals surface area contributed by atoms with Crippen LogP contribution in [0.4, 0.5) is 4.79 Å². The van der Waals surface area contributed by atoms with Gasteiger partial charge in [0.25, 0.3) is 0 Å². The molecule has 2 N–H and O–H groups in total. The van der Waals surface area contributed by atoms with Gasteiger partial charge in [-0.3, -0.25) is 0 Å². The molecule has 3 heterocycles. The fraction of sp³-hybridized carbons (Fsp3) is 0.595. The third-order valence-corrected chi connectivity index (χ3v) is 12.5. The number of aromatic amines is 1. The summed E-state index contributed by atoms with van der Waals surface area (Å²) in [5.41, 5.74) is 5.49. The molecule has 228 valence electrons. The lowest BCUT2D eigenvalue weighted by Gasteiger charge is -2.52. The fourth-order valence-corrected chi connectivity index (χ4v) is 10.4. The van der Waals surface area contributed by atoms with Crippen LogP contribution in [0.3, 0.4) is 0 Å². The molecule has 5 aliphatic rings. The Hall–Kier alpha value is -2.83. The molecular weight excluding hydrogens is 536 g/mol. The molecule has 0 radical (unpaired) electrons. The van der Waals surface area contributed by atoms with Crippen molar-refractivity contribution in [2.75, 3.05) is 13.2 Å². The van der Waals surface area contributed by atoms with Crippen molar-refractivity contribution in [1.82, 2.24) is 10.3 Å². The number of nitrogens with one attached hydrogen (secondary N) is 2. The van der Waals surface area contributed by atoms with E-state index in [0.29, 0.717) is 59.3 Å². The fourth-order valence-electron chi connectivity index (χ4n) is 10.4. The average molecular weight is 583 g/mol. The van der Waals surface area contributed by atoms with Gasteiger partial charge < -0.3 is 24.5 Å². The smallest absolute Gasteiger partial charge is 0.410 e. The first-order chi connectivity index (χ1) is 20.8. The van der Waals surface area contributed by atoms with Gasteiger partial charge in [0.05, 0.1) is 12.7 Å². The molecule has 43 heavy (non-hydrogen) atoms. The predicted molar refractivity (Wildman–Crippen MR) is 167 cm³/mol. The van der Waals surface area contributed by atoms with Crippen LogP contribution in [-0.4, -0.2) is 36.1 Å². The molecule has 9 atom stereocenters. The molecule has 2 aromatic carbocycles. The van der Waals surface area contributed by atoms with Gasteiger partial charge in [-0.15, -0.1) is 0 Å². The van der Waals surface area contributed by atoms with Crippen LogP contribution in [0.25, 0.3) is 10.9 Å². The molecule has 2 saturated carbocycles. The number of rotatable bonds is 4. The van der Waals surface area contributed by atoms with Gasteiger partial charge in [-0.1, -0.05) is 45.0 Å². The molecular formula is C37H46N2O4. The maximum absolute atomic E-state index is 12.6. The number of hydrogen-bond donors (Lipinski definition) is 2. The third-order valence-electron chi connectivity index (χ3n) is 12.5. The second-order valence-electron chi connectivity index (χ2n) is 14.7. The van der Waals surface area contributed by atoms with Crippen LogP contribution in [0.1, 0.15) is 81.9 Å². The first kappa shape index (κ1) is 27.7. The van der Waals surface area contributed by atoms with Gasteiger partial charge >= 0.3 is 6.09 Å². The second kappa shape index (κ2) is 10.4. The van der Waals surface area contributed by atoms with Crippen molar-refractivity contribution in [1.29, 1.82) is 0 Å². The van der Waals surface area contributed by atoms with E-state index >= 15 is 0 Å². The number of carbonyl (C=O) groups excluding carboxylic acids is 1. The van der Waals surface area contributed by atoms with E-state index in [9.17, 15) is 4.79 Å². The number of H-pyrrole nitrogens is 1. The van der Waals surface area contributed by atoms with Gasteiger partial charge in [0.1, 0.15) is 5.75 Å². The molecule has 4 fully saturated rings. The molecule has 3 aliphatic carbocycles. The molecule has 0 unspecified atom stereocenters. The first-order valence-electron chi connectivity index (χ1n) is 16.8. The summed E-state index contributed by atoms with van der Waals surface area (Å²) in [5.74, 6) is 4.00. The van der Waals surface area contributed by atoms with Gasteiger partial charge in [0, 0.05) is 36.0 Å². The van der Waals surface area contributed by atoms with E-state index < -0.39 is 0 Å². The standard InChI is InChI=1S/C37H46N2O4/c1-22-12-16-37(41-21-22)23(2)34-33(43-37)19-31-30-10-8-24-18-26(9-11-27(24)29(30)13-15-36(31,34)3)42-35(40)38-17-14-25-20-39-32-7-5-4-6-28(25)32/h4-7,9,11,18,20,22-23,29-31,33-34,39H,8,10,12-17,19,21H2,1-3H3,(H,38,40)/t22-,23+,29-,30-,31+,33+,34+,36+,37-/m1/s1. The van der Waals surface area contributed by atoms with Crippen LogP contribution in [0.2, 0.25) is 0 Å². The quantitative estimate of drug-likeness (QED) is 0.330. The highest BCUT2D eigenvalue weighted by Gasteiger charge is 2.67. The van der Waals surface area contributed by atoms with Crippen molar-refractivity contribution in [3.8, 4) is 5.75 Å². The SMILES string of the molecule is C[C@@H]1CC[C@@]2(OC1)O[C@H]1C[C@H]3[C@@H]4CCc5cc(OC(=O)NCCc6c[nH]c7ccccc67)ccc5[C@H]4CC[C@]3(C)[C@H]1[C@@H]2C. The van der Waals surface area contributed by atoms with E-state index in [1.165, 1.54) is 54.2 Å². The Kier molecular flexibility index (Phi) is 6.68. The van der Waals surface area contributed by atoms with Gasteiger partial charge in [0.2, 0.25) is 0 Å². The number of ether oxygens (including phenoxy) is 3. The van der Waals surface area contributed by atoms with Gasteiger partial charge in [-0.2, -0.15) is 0 Å². The predicted octanol–water partition coefficient (Wildman–Crippen LogP) is 7.76. The van der Waals surface area contributed by atoms with Crippen LogP contribution in [0, 0.1) is 35.0 Å². The van der Waals surface area contributed by atoms with Crippen LogP contribution in [0.15, 0.2) is 48.7 Å². The second-order valence-corrected chi connectivity index (χ2v) is 14.7.